The molecule has 13 heteroatoms. The summed E-state index contributed by atoms with van der Waals surface area (Å²) in [4.78, 5) is 10.1. The Kier molecular flexibility index (Phi) is 8.28. The number of halogens is 3. The van der Waals surface area contributed by atoms with E-state index in [1.807, 2.05) is 0 Å². The zero-order valence-electron chi connectivity index (χ0n) is 14.5. The molecular formula is C15H17Cl2FN5O4S-. The van der Waals surface area contributed by atoms with Crippen molar-refractivity contribution >= 4 is 40.4 Å². The van der Waals surface area contributed by atoms with Gasteiger partial charge in [-0.3, -0.25) is 9.00 Å². The lowest BCUT2D eigenvalue weighted by molar-refractivity contribution is -0.121. The highest BCUT2D eigenvalue weighted by atomic mass is 35.5. The molecule has 4 atom stereocenters. The largest absolute Gasteiger partial charge is 0.760 e. The Bertz CT molecular complexity index is 823. The number of benzene rings is 1. The van der Waals surface area contributed by atoms with Crippen LogP contribution in [0.2, 0.25) is 0 Å². The van der Waals surface area contributed by atoms with Crippen molar-refractivity contribution in [3.05, 3.63) is 41.7 Å². The summed E-state index contributed by atoms with van der Waals surface area (Å²) < 4.78 is 38.3. The molecule has 2 unspecified atom stereocenters. The maximum absolute atomic E-state index is 13.2. The molecule has 154 valence electrons. The lowest BCUT2D eigenvalue weighted by Gasteiger charge is -2.22. The molecule has 9 nitrogen and oxygen atoms in total. The molecule has 2 aromatic rings. The molecule has 0 aliphatic carbocycles. The normalized spacial score (nSPS) is 15.8. The Labute approximate surface area is 172 Å². The van der Waals surface area contributed by atoms with E-state index < -0.39 is 46.9 Å². The van der Waals surface area contributed by atoms with E-state index in [9.17, 15) is 23.1 Å². The molecule has 28 heavy (non-hydrogen) atoms. The van der Waals surface area contributed by atoms with Gasteiger partial charge in [0.1, 0.15) is 18.5 Å². The van der Waals surface area contributed by atoms with E-state index >= 15 is 0 Å². The Balaban J connectivity index is 2.11. The van der Waals surface area contributed by atoms with Crippen molar-refractivity contribution in [1.82, 2.24) is 25.0 Å². The predicted molar refractivity (Wildman–Crippen MR) is 100 cm³/mol. The number of hydrogen-bond donors (Lipinski definition) is 3. The van der Waals surface area contributed by atoms with Crippen LogP contribution in [0.25, 0.3) is 5.69 Å². The molecule has 1 aromatic heterocycles. The molecule has 0 bridgehead atoms. The van der Waals surface area contributed by atoms with E-state index in [2.05, 4.69) is 20.4 Å². The average molecular weight is 453 g/mol. The Morgan fingerprint density at radius 2 is 2.04 bits per heavy atom. The number of amides is 1. The smallest absolute Gasteiger partial charge is 0.253 e. The van der Waals surface area contributed by atoms with Gasteiger partial charge in [0.05, 0.1) is 24.0 Å². The number of alkyl halides is 3. The summed E-state index contributed by atoms with van der Waals surface area (Å²) in [6.07, 6.45) is 0.222. The summed E-state index contributed by atoms with van der Waals surface area (Å²) in [6.45, 7) is 0.592. The van der Waals surface area contributed by atoms with Gasteiger partial charge in [0, 0.05) is 11.3 Å². The molecule has 0 aliphatic rings. The van der Waals surface area contributed by atoms with Gasteiger partial charge in [0.25, 0.3) is 5.91 Å². The second-order valence-corrected chi connectivity index (χ2v) is 7.57. The topological polar surface area (TPSA) is 132 Å². The maximum Gasteiger partial charge on any atom is 0.253 e. The van der Waals surface area contributed by atoms with E-state index in [0.29, 0.717) is 16.9 Å². The summed E-state index contributed by atoms with van der Waals surface area (Å²) >= 11 is 8.40. The zero-order chi connectivity index (χ0) is 20.8. The monoisotopic (exact) mass is 452 g/mol. The number of hydrogen-bond acceptors (Lipinski definition) is 6. The van der Waals surface area contributed by atoms with Crippen LogP contribution < -0.4 is 10.0 Å². The fourth-order valence-corrected chi connectivity index (χ4v) is 2.85. The molecule has 1 amide bonds. The molecule has 0 saturated carbocycles. The van der Waals surface area contributed by atoms with Crippen molar-refractivity contribution in [1.29, 1.82) is 0 Å². The highest BCUT2D eigenvalue weighted by molar-refractivity contribution is 7.77. The van der Waals surface area contributed by atoms with E-state index in [0.717, 1.165) is 0 Å². The van der Waals surface area contributed by atoms with Crippen molar-refractivity contribution in [3.8, 4) is 5.69 Å². The molecule has 0 fully saturated rings. The number of nitrogens with zero attached hydrogens (tertiary/aromatic N) is 3. The van der Waals surface area contributed by atoms with Crippen LogP contribution in [0.1, 0.15) is 30.3 Å². The van der Waals surface area contributed by atoms with Gasteiger partial charge in [-0.05, 0) is 24.6 Å². The van der Waals surface area contributed by atoms with Gasteiger partial charge < -0.3 is 15.0 Å². The second-order valence-electron chi connectivity index (χ2n) is 5.77. The molecule has 1 heterocycles. The highest BCUT2D eigenvalue weighted by Gasteiger charge is 2.25. The van der Waals surface area contributed by atoms with Gasteiger partial charge in [-0.15, -0.1) is 5.10 Å². The molecule has 1 aromatic carbocycles. The predicted octanol–water partition coefficient (Wildman–Crippen LogP) is 1.00. The summed E-state index contributed by atoms with van der Waals surface area (Å²) in [5.41, 5.74) is 1.34. The number of nitrogens with one attached hydrogen (secondary N) is 2. The van der Waals surface area contributed by atoms with Crippen LogP contribution in [0, 0.1) is 0 Å². The SMILES string of the molecule is CC(NS(=O)[O-])c1cn(-c2ccc([C@H](O)[C@@H](CF)NC(=O)C(Cl)Cl)cc2)nn1. The summed E-state index contributed by atoms with van der Waals surface area (Å²) in [5, 5.41) is 20.3. The summed E-state index contributed by atoms with van der Waals surface area (Å²) in [5.74, 6) is -0.807. The van der Waals surface area contributed by atoms with Crippen LogP contribution in [0.5, 0.6) is 0 Å². The van der Waals surface area contributed by atoms with Crippen LogP contribution in [0.4, 0.5) is 4.39 Å². The van der Waals surface area contributed by atoms with Crippen LogP contribution in [-0.4, -0.2) is 52.3 Å². The van der Waals surface area contributed by atoms with Gasteiger partial charge in [-0.25, -0.2) is 13.8 Å². The first kappa shape index (κ1) is 22.7. The van der Waals surface area contributed by atoms with Crippen LogP contribution in [0.3, 0.4) is 0 Å². The van der Waals surface area contributed by atoms with Crippen molar-refractivity contribution in [2.75, 3.05) is 6.67 Å². The van der Waals surface area contributed by atoms with Gasteiger partial charge in [-0.1, -0.05) is 40.5 Å². The van der Waals surface area contributed by atoms with E-state index in [4.69, 9.17) is 23.2 Å². The minimum Gasteiger partial charge on any atom is -0.760 e. The Hall–Kier alpha value is -1.63. The van der Waals surface area contributed by atoms with Gasteiger partial charge in [0.15, 0.2) is 4.84 Å². The first-order valence-corrected chi connectivity index (χ1v) is 9.88. The number of carbonyl (C=O) groups excluding carboxylic acids is 1. The fraction of sp³-hybridized carbons (Fsp3) is 0.400. The van der Waals surface area contributed by atoms with Crippen molar-refractivity contribution in [2.45, 2.75) is 29.9 Å². The van der Waals surface area contributed by atoms with E-state index in [1.54, 1.807) is 25.3 Å². The molecule has 0 aliphatic heterocycles. The first-order valence-electron chi connectivity index (χ1n) is 7.93. The lowest BCUT2D eigenvalue weighted by atomic mass is 10.0. The summed E-state index contributed by atoms with van der Waals surface area (Å²) in [7, 11) is 0. The van der Waals surface area contributed by atoms with Gasteiger partial charge >= 0.3 is 0 Å². The van der Waals surface area contributed by atoms with Crippen LogP contribution >= 0.6 is 23.2 Å². The number of rotatable bonds is 9. The molecule has 0 spiro atoms. The van der Waals surface area contributed by atoms with E-state index in [-0.39, 0.29) is 0 Å². The quantitative estimate of drug-likeness (QED) is 0.384. The third kappa shape index (κ3) is 5.93. The second kappa shape index (κ2) is 10.2. The standard InChI is InChI=1S/C15H18Cl2FN5O4S/c1-8(21-28(26)27)12-7-23(22-20-12)10-4-2-9(3-5-10)13(24)11(6-18)19-15(25)14(16)17/h2-5,7-8,11,13-14,21,24H,6H2,1H3,(H,19,25)(H,26,27)/p-1/t8?,11-,13+/m1/s1. The molecule has 3 N–H and O–H groups in total. The lowest BCUT2D eigenvalue weighted by Crippen LogP contribution is -2.43. The third-order valence-corrected chi connectivity index (χ3v) is 4.74. The minimum absolute atomic E-state index is 0.351. The maximum atomic E-state index is 13.2. The molecule has 0 saturated heterocycles. The van der Waals surface area contributed by atoms with Gasteiger partial charge in [-0.2, -0.15) is 0 Å². The molecule has 2 rings (SSSR count). The third-order valence-electron chi connectivity index (χ3n) is 3.80. The number of aliphatic hydroxyl groups excluding tert-OH is 1. The van der Waals surface area contributed by atoms with Gasteiger partial charge in [0.2, 0.25) is 0 Å². The Morgan fingerprint density at radius 1 is 1.39 bits per heavy atom. The number of aliphatic hydroxyl groups is 1. The first-order chi connectivity index (χ1) is 13.2. The zero-order valence-corrected chi connectivity index (χ0v) is 16.8. The number of carbonyl (C=O) groups is 1. The summed E-state index contributed by atoms with van der Waals surface area (Å²) in [6, 6.07) is 4.49. The average Bonchev–Trinajstić information content (AvgIpc) is 3.15. The molecular weight excluding hydrogens is 436 g/mol. The molecule has 0 radical (unpaired) electrons. The van der Waals surface area contributed by atoms with Crippen molar-refractivity contribution in [3.63, 3.8) is 0 Å². The van der Waals surface area contributed by atoms with Crippen LogP contribution in [-0.2, 0) is 16.1 Å². The Morgan fingerprint density at radius 3 is 2.57 bits per heavy atom. The fourth-order valence-electron chi connectivity index (χ4n) is 2.31. The number of aromatic nitrogens is 3. The van der Waals surface area contributed by atoms with E-state index in [1.165, 1.54) is 16.8 Å². The van der Waals surface area contributed by atoms with Crippen molar-refractivity contribution in [2.24, 2.45) is 0 Å². The highest BCUT2D eigenvalue weighted by Crippen LogP contribution is 2.20. The van der Waals surface area contributed by atoms with Crippen LogP contribution in [0.15, 0.2) is 30.5 Å². The minimum atomic E-state index is -2.43. The van der Waals surface area contributed by atoms with Crippen molar-refractivity contribution < 1.29 is 23.1 Å².